The van der Waals surface area contributed by atoms with Gasteiger partial charge in [0.2, 0.25) is 0 Å². The van der Waals surface area contributed by atoms with Crippen molar-refractivity contribution in [1.82, 2.24) is 14.8 Å². The topological polar surface area (TPSA) is 73.9 Å². The van der Waals surface area contributed by atoms with Gasteiger partial charge in [-0.05, 0) is 30.3 Å². The molecule has 0 atom stereocenters. The van der Waals surface area contributed by atoms with E-state index in [0.29, 0.717) is 18.3 Å². The maximum absolute atomic E-state index is 5.40. The predicted molar refractivity (Wildman–Crippen MR) is 98.7 cm³/mol. The number of fused-ring (bicyclic) bond motifs is 1. The fourth-order valence-electron chi connectivity index (χ4n) is 2.79. The molecule has 26 heavy (non-hydrogen) atoms. The van der Waals surface area contributed by atoms with Gasteiger partial charge in [0, 0.05) is 11.1 Å². The molecule has 7 heteroatoms. The summed E-state index contributed by atoms with van der Waals surface area (Å²) in [6.07, 6.45) is 1.47. The molecule has 2 heterocycles. The van der Waals surface area contributed by atoms with Crippen LogP contribution in [0.4, 0.5) is 5.95 Å². The van der Waals surface area contributed by atoms with E-state index in [-0.39, 0.29) is 0 Å². The Labute approximate surface area is 150 Å². The van der Waals surface area contributed by atoms with Gasteiger partial charge in [-0.3, -0.25) is 4.99 Å². The van der Waals surface area contributed by atoms with Crippen molar-refractivity contribution >= 4 is 17.5 Å². The summed E-state index contributed by atoms with van der Waals surface area (Å²) in [5.74, 6) is 2.77. The lowest BCUT2D eigenvalue weighted by atomic mass is 10.1. The molecule has 1 aliphatic rings. The zero-order valence-electron chi connectivity index (χ0n) is 14.5. The summed E-state index contributed by atoms with van der Waals surface area (Å²) in [7, 11) is 3.29. The normalized spacial score (nSPS) is 14.2. The van der Waals surface area contributed by atoms with Crippen molar-refractivity contribution in [3.8, 4) is 11.5 Å². The van der Waals surface area contributed by atoms with Gasteiger partial charge in [0.05, 0.1) is 20.8 Å². The minimum atomic E-state index is 0.452. The number of hydrogen-bond acceptors (Lipinski definition) is 6. The Morgan fingerprint density at radius 1 is 1.00 bits per heavy atom. The molecule has 7 nitrogen and oxygen atoms in total. The smallest absolute Gasteiger partial charge is 0.254 e. The van der Waals surface area contributed by atoms with E-state index in [1.54, 1.807) is 18.9 Å². The molecule has 0 aliphatic carbocycles. The van der Waals surface area contributed by atoms with Crippen LogP contribution in [0.1, 0.15) is 11.1 Å². The van der Waals surface area contributed by atoms with Crippen LogP contribution in [0, 0.1) is 0 Å². The van der Waals surface area contributed by atoms with E-state index in [1.807, 2.05) is 48.5 Å². The highest BCUT2D eigenvalue weighted by Gasteiger charge is 2.25. The highest BCUT2D eigenvalue weighted by molar-refractivity contribution is 6.50. The Balaban J connectivity index is 1.71. The number of nitrogens with zero attached hydrogens (tertiary/aromatic N) is 5. The van der Waals surface area contributed by atoms with Crippen molar-refractivity contribution in [2.45, 2.75) is 6.54 Å². The van der Waals surface area contributed by atoms with E-state index in [1.165, 1.54) is 6.33 Å². The first-order valence-electron chi connectivity index (χ1n) is 8.10. The standard InChI is InChI=1S/C19H17N5O2/c1-25-15-9-7-13(8-10-15)17-18(24-19(23-17)21-12-22-24)20-11-14-5-3-4-6-16(14)26-2/h3-10,12H,11H2,1-2H3. The van der Waals surface area contributed by atoms with Crippen molar-refractivity contribution in [2.24, 2.45) is 9.98 Å². The van der Waals surface area contributed by atoms with E-state index in [4.69, 9.17) is 14.5 Å². The number of methoxy groups -OCH3 is 2. The Morgan fingerprint density at radius 3 is 2.58 bits per heavy atom. The second kappa shape index (κ2) is 6.79. The molecule has 0 bridgehead atoms. The summed E-state index contributed by atoms with van der Waals surface area (Å²) in [4.78, 5) is 13.5. The lowest BCUT2D eigenvalue weighted by Crippen LogP contribution is -2.20. The van der Waals surface area contributed by atoms with E-state index in [2.05, 4.69) is 15.1 Å². The van der Waals surface area contributed by atoms with Crippen LogP contribution in [0.25, 0.3) is 0 Å². The van der Waals surface area contributed by atoms with Gasteiger partial charge < -0.3 is 9.47 Å². The summed E-state index contributed by atoms with van der Waals surface area (Å²) < 4.78 is 12.3. The van der Waals surface area contributed by atoms with Crippen molar-refractivity contribution in [3.63, 3.8) is 0 Å². The van der Waals surface area contributed by atoms with Crippen LogP contribution >= 0.6 is 0 Å². The number of aromatic nitrogens is 3. The molecule has 0 spiro atoms. The number of hydrogen-bond donors (Lipinski definition) is 0. The van der Waals surface area contributed by atoms with Crippen LogP contribution in [0.15, 0.2) is 64.8 Å². The molecule has 130 valence electrons. The minimum Gasteiger partial charge on any atom is -0.497 e. The Bertz CT molecular complexity index is 989. The minimum absolute atomic E-state index is 0.452. The van der Waals surface area contributed by atoms with E-state index < -0.39 is 0 Å². The van der Waals surface area contributed by atoms with Gasteiger partial charge in [0.1, 0.15) is 23.5 Å². The largest absolute Gasteiger partial charge is 0.497 e. The number of ether oxygens (including phenoxy) is 2. The van der Waals surface area contributed by atoms with Crippen LogP contribution in [0.2, 0.25) is 0 Å². The van der Waals surface area contributed by atoms with Crippen molar-refractivity contribution in [1.29, 1.82) is 0 Å². The summed E-state index contributed by atoms with van der Waals surface area (Å²) >= 11 is 0. The van der Waals surface area contributed by atoms with Crippen LogP contribution in [0.3, 0.4) is 0 Å². The van der Waals surface area contributed by atoms with Crippen molar-refractivity contribution in [2.75, 3.05) is 14.2 Å². The van der Waals surface area contributed by atoms with E-state index >= 15 is 0 Å². The van der Waals surface area contributed by atoms with Gasteiger partial charge in [0.15, 0.2) is 5.84 Å². The van der Waals surface area contributed by atoms with Crippen LogP contribution in [-0.4, -0.2) is 40.5 Å². The lowest BCUT2D eigenvalue weighted by Gasteiger charge is -2.08. The molecule has 0 saturated heterocycles. The fourth-order valence-corrected chi connectivity index (χ4v) is 2.79. The summed E-state index contributed by atoms with van der Waals surface area (Å²) in [5, 5.41) is 4.25. The van der Waals surface area contributed by atoms with Gasteiger partial charge in [-0.1, -0.05) is 18.2 Å². The third kappa shape index (κ3) is 2.83. The highest BCUT2D eigenvalue weighted by atomic mass is 16.5. The maximum atomic E-state index is 5.40. The molecular weight excluding hydrogens is 330 g/mol. The SMILES string of the molecule is COc1ccc(C2=Nc3ncnn3C2=NCc2ccccc2OC)cc1. The number of rotatable bonds is 5. The van der Waals surface area contributed by atoms with Gasteiger partial charge in [-0.2, -0.15) is 14.8 Å². The third-order valence-electron chi connectivity index (χ3n) is 4.11. The summed E-state index contributed by atoms with van der Waals surface area (Å²) in [5.41, 5.74) is 2.65. The van der Waals surface area contributed by atoms with Gasteiger partial charge in [-0.25, -0.2) is 4.99 Å². The molecule has 1 aromatic heterocycles. The molecule has 1 aliphatic heterocycles. The van der Waals surface area contributed by atoms with Crippen molar-refractivity contribution in [3.05, 3.63) is 66.0 Å². The molecular formula is C19H17N5O2. The quantitative estimate of drug-likeness (QED) is 0.711. The molecule has 0 radical (unpaired) electrons. The second-order valence-electron chi connectivity index (χ2n) is 5.61. The second-order valence-corrected chi connectivity index (χ2v) is 5.61. The van der Waals surface area contributed by atoms with Gasteiger partial charge in [-0.15, -0.1) is 0 Å². The lowest BCUT2D eigenvalue weighted by molar-refractivity contribution is 0.410. The molecule has 0 N–H and O–H groups in total. The maximum Gasteiger partial charge on any atom is 0.254 e. The average Bonchev–Trinajstić information content (AvgIpc) is 3.28. The third-order valence-corrected chi connectivity index (χ3v) is 4.11. The molecule has 3 aromatic rings. The average molecular weight is 347 g/mol. The molecule has 0 fully saturated rings. The highest BCUT2D eigenvalue weighted by Crippen LogP contribution is 2.23. The van der Waals surface area contributed by atoms with E-state index in [0.717, 1.165) is 28.3 Å². The molecule has 0 saturated carbocycles. The molecule has 0 amide bonds. The van der Waals surface area contributed by atoms with Crippen LogP contribution < -0.4 is 9.47 Å². The van der Waals surface area contributed by atoms with Gasteiger partial charge in [0.25, 0.3) is 5.95 Å². The molecule has 4 rings (SSSR count). The summed E-state index contributed by atoms with van der Waals surface area (Å²) in [6, 6.07) is 15.5. The number of benzene rings is 2. The first-order valence-corrected chi connectivity index (χ1v) is 8.10. The molecule has 0 unspecified atom stereocenters. The monoisotopic (exact) mass is 347 g/mol. The van der Waals surface area contributed by atoms with Crippen LogP contribution in [0.5, 0.6) is 11.5 Å². The Morgan fingerprint density at radius 2 is 1.81 bits per heavy atom. The fraction of sp³-hybridized carbons (Fsp3) is 0.158. The van der Waals surface area contributed by atoms with E-state index in [9.17, 15) is 0 Å². The summed E-state index contributed by atoms with van der Waals surface area (Å²) in [6.45, 7) is 0.452. The Kier molecular flexibility index (Phi) is 4.18. The molecule has 2 aromatic carbocycles. The Hall–Kier alpha value is -3.48. The van der Waals surface area contributed by atoms with Crippen molar-refractivity contribution < 1.29 is 9.47 Å². The first kappa shape index (κ1) is 16.0. The van der Waals surface area contributed by atoms with Crippen LogP contribution in [-0.2, 0) is 6.54 Å². The first-order chi connectivity index (χ1) is 12.8. The number of aliphatic imine (C=N–C) groups is 2. The number of para-hydroxylation sites is 1. The predicted octanol–water partition coefficient (Wildman–Crippen LogP) is 2.88. The zero-order valence-corrected chi connectivity index (χ0v) is 14.5. The zero-order chi connectivity index (χ0) is 17.9. The van der Waals surface area contributed by atoms with Gasteiger partial charge >= 0.3 is 0 Å².